The van der Waals surface area contributed by atoms with Crippen LogP contribution in [-0.4, -0.2) is 17.5 Å². The molecule has 0 aliphatic heterocycles. The van der Waals surface area contributed by atoms with Crippen LogP contribution in [0.2, 0.25) is 0 Å². The van der Waals surface area contributed by atoms with Crippen molar-refractivity contribution in [2.45, 2.75) is 59.4 Å². The van der Waals surface area contributed by atoms with Gasteiger partial charge in [0.2, 0.25) is 0 Å². The van der Waals surface area contributed by atoms with Gasteiger partial charge in [-0.1, -0.05) is 45.3 Å². The van der Waals surface area contributed by atoms with Crippen molar-refractivity contribution in [1.29, 1.82) is 0 Å². The highest BCUT2D eigenvalue weighted by Gasteiger charge is 2.11. The molecular weight excluding hydrogens is 238 g/mol. The number of hydrogen-bond donors (Lipinski definition) is 1. The summed E-state index contributed by atoms with van der Waals surface area (Å²) in [6, 6.07) is 0.267. The van der Waals surface area contributed by atoms with Crippen molar-refractivity contribution < 1.29 is 0 Å². The molecule has 0 aromatic carbocycles. The second-order valence-electron chi connectivity index (χ2n) is 5.40. The van der Waals surface area contributed by atoms with E-state index in [2.05, 4.69) is 39.8 Å². The van der Waals surface area contributed by atoms with Crippen LogP contribution in [0.1, 0.15) is 53.4 Å². The molecule has 0 saturated heterocycles. The van der Waals surface area contributed by atoms with Crippen LogP contribution >= 0.6 is 0 Å². The molecule has 18 heavy (non-hydrogen) atoms. The third-order valence-corrected chi connectivity index (χ3v) is 5.14. The number of rotatable bonds is 8. The first-order valence-electron chi connectivity index (χ1n) is 7.31. The summed E-state index contributed by atoms with van der Waals surface area (Å²) in [5.41, 5.74) is 12.0. The molecule has 0 aliphatic carbocycles. The fraction of sp³-hybridized carbons (Fsp3) is 0.812. The predicted molar refractivity (Wildman–Crippen MR) is 87.3 cm³/mol. The van der Waals surface area contributed by atoms with Crippen LogP contribution in [0.5, 0.6) is 0 Å². The van der Waals surface area contributed by atoms with E-state index >= 15 is 0 Å². The largest absolute Gasteiger partial charge is 0.457 e. The Morgan fingerprint density at radius 3 is 2.39 bits per heavy atom. The van der Waals surface area contributed by atoms with E-state index in [9.17, 15) is 0 Å². The Hall–Kier alpha value is -0.170. The Morgan fingerprint density at radius 1 is 1.22 bits per heavy atom. The van der Waals surface area contributed by atoms with E-state index in [1.807, 2.05) is 0 Å². The maximum absolute atomic E-state index is 6.00. The lowest BCUT2D eigenvalue weighted by atomic mass is 9.90. The fourth-order valence-electron chi connectivity index (χ4n) is 2.16. The van der Waals surface area contributed by atoms with Gasteiger partial charge in [0.05, 0.1) is 0 Å². The van der Waals surface area contributed by atoms with Crippen molar-refractivity contribution in [3.05, 3.63) is 12.2 Å². The van der Waals surface area contributed by atoms with Crippen LogP contribution in [-0.2, 0) is 10.3 Å². The van der Waals surface area contributed by atoms with Crippen molar-refractivity contribution in [3.8, 4) is 5.69 Å². The Bertz CT molecular complexity index is 285. The molecule has 0 radical (unpaired) electrons. The maximum atomic E-state index is 6.00. The summed E-state index contributed by atoms with van der Waals surface area (Å²) in [5.74, 6) is 3.66. The van der Waals surface area contributed by atoms with Gasteiger partial charge >= 0.3 is 0 Å². The summed E-state index contributed by atoms with van der Waals surface area (Å²) < 4.78 is 0. The lowest BCUT2D eigenvalue weighted by Gasteiger charge is -2.20. The lowest BCUT2D eigenvalue weighted by molar-refractivity contribution is 0.402. The average Bonchev–Trinajstić information content (AvgIpc) is 2.33. The summed E-state index contributed by atoms with van der Waals surface area (Å²) in [5, 5.41) is 0. The van der Waals surface area contributed by atoms with Crippen molar-refractivity contribution in [2.24, 2.45) is 17.6 Å². The molecule has 0 fully saturated rings. The third kappa shape index (κ3) is 8.85. The van der Waals surface area contributed by atoms with Gasteiger partial charge in [0.15, 0.2) is 0 Å². The number of allylic oxidation sites excluding steroid dienone is 1. The third-order valence-electron chi connectivity index (χ3n) is 3.58. The summed E-state index contributed by atoms with van der Waals surface area (Å²) in [4.78, 5) is 0. The van der Waals surface area contributed by atoms with Crippen LogP contribution in [0.15, 0.2) is 12.2 Å². The molecule has 0 amide bonds. The molecule has 1 nitrogen and oxygen atoms in total. The molecule has 0 rings (SSSR count). The fourth-order valence-corrected chi connectivity index (χ4v) is 2.99. The van der Waals surface area contributed by atoms with E-state index in [4.69, 9.17) is 11.4 Å². The summed E-state index contributed by atoms with van der Waals surface area (Å²) in [6.07, 6.45) is 9.46. The Kier molecular flexibility index (Phi) is 10.6. The molecule has 0 spiro atoms. The normalized spacial score (nSPS) is 17.2. The van der Waals surface area contributed by atoms with Gasteiger partial charge in [-0.25, -0.2) is 0 Å². The highest BCUT2D eigenvalue weighted by molar-refractivity contribution is 7.86. The van der Waals surface area contributed by atoms with Crippen molar-refractivity contribution in [1.82, 2.24) is 0 Å². The van der Waals surface area contributed by atoms with Gasteiger partial charge in [-0.3, -0.25) is 0 Å². The minimum absolute atomic E-state index is 0.152. The highest BCUT2D eigenvalue weighted by atomic mass is 32.2. The quantitative estimate of drug-likeness (QED) is 0.524. The highest BCUT2D eigenvalue weighted by Crippen LogP contribution is 2.19. The van der Waals surface area contributed by atoms with Gasteiger partial charge in [-0.05, 0) is 32.1 Å². The second-order valence-corrected chi connectivity index (χ2v) is 7.46. The minimum atomic E-state index is 0.152. The zero-order valence-electron chi connectivity index (χ0n) is 12.7. The first-order chi connectivity index (χ1) is 8.51. The van der Waals surface area contributed by atoms with E-state index in [0.717, 1.165) is 11.7 Å². The molecule has 3 atom stereocenters. The van der Waals surface area contributed by atoms with Gasteiger partial charge in [0, 0.05) is 6.04 Å². The molecule has 2 heteroatoms. The van der Waals surface area contributed by atoms with Gasteiger partial charge in [0.1, 0.15) is 0 Å². The van der Waals surface area contributed by atoms with Crippen LogP contribution < -0.4 is 5.73 Å². The van der Waals surface area contributed by atoms with Crippen LogP contribution in [0.25, 0.3) is 0 Å². The van der Waals surface area contributed by atoms with Crippen molar-refractivity contribution in [3.63, 3.8) is 0 Å². The van der Waals surface area contributed by atoms with E-state index in [0.29, 0.717) is 5.92 Å². The molecule has 0 aromatic heterocycles. The zero-order chi connectivity index (χ0) is 14.0. The molecule has 0 heterocycles. The van der Waals surface area contributed by atoms with E-state index < -0.39 is 0 Å². The van der Waals surface area contributed by atoms with Crippen molar-refractivity contribution >= 4 is 10.3 Å². The van der Waals surface area contributed by atoms with Gasteiger partial charge in [-0.15, -0.1) is 11.5 Å². The topological polar surface area (TPSA) is 26.0 Å². The van der Waals surface area contributed by atoms with Crippen molar-refractivity contribution in [2.75, 3.05) is 11.5 Å². The maximum Gasteiger partial charge on any atom is 0.00733 e. The monoisotopic (exact) mass is 270 g/mol. The molecule has 0 aliphatic rings. The Morgan fingerprint density at radius 2 is 1.89 bits per heavy atom. The summed E-state index contributed by atoms with van der Waals surface area (Å²) in [7, 11) is 0.152. The molecule has 0 bridgehead atoms. The minimum Gasteiger partial charge on any atom is -0.457 e. The molecule has 0 aromatic rings. The number of hydrogen-bond acceptors (Lipinski definition) is 2. The zero-order valence-corrected chi connectivity index (χ0v) is 13.5. The first-order valence-corrected chi connectivity index (χ1v) is 8.94. The van der Waals surface area contributed by atoms with Gasteiger partial charge in [-0.2, -0.15) is 0 Å². The second kappa shape index (κ2) is 10.7. The van der Waals surface area contributed by atoms with Crippen LogP contribution in [0.4, 0.5) is 0 Å². The Labute approximate surface area is 117 Å². The first kappa shape index (κ1) is 17.8. The SMILES string of the molecule is C#[S-](CC)CCCC(C)CCC(C=CC)C(C)N. The molecular formula is C16H32NS-. The summed E-state index contributed by atoms with van der Waals surface area (Å²) in [6.45, 7) is 8.72. The molecule has 3 unspecified atom stereocenters. The van der Waals surface area contributed by atoms with Crippen LogP contribution in [0, 0.1) is 17.5 Å². The Balaban J connectivity index is 3.81. The van der Waals surface area contributed by atoms with Gasteiger partial charge in [0.25, 0.3) is 0 Å². The van der Waals surface area contributed by atoms with E-state index in [1.54, 1.807) is 0 Å². The van der Waals surface area contributed by atoms with E-state index in [1.165, 1.54) is 31.4 Å². The molecule has 0 saturated carbocycles. The smallest absolute Gasteiger partial charge is 0.00733 e. The number of nitrogens with two attached hydrogens (primary N) is 1. The standard InChI is InChI=1S/C16H32NS/c1-6-9-16(15(4)17)12-11-14(3)10-8-13-18(5)7-2/h5-6,9,14-16H,7-8,10-13,17H2,1-4H3/q-1. The summed E-state index contributed by atoms with van der Waals surface area (Å²) >= 11 is 0. The molecule has 108 valence electrons. The lowest BCUT2D eigenvalue weighted by Crippen LogP contribution is -2.25. The molecule has 2 N–H and O–H groups in total. The average molecular weight is 271 g/mol. The van der Waals surface area contributed by atoms with E-state index in [-0.39, 0.29) is 16.3 Å². The van der Waals surface area contributed by atoms with Crippen LogP contribution in [0.3, 0.4) is 0 Å². The predicted octanol–water partition coefficient (Wildman–Crippen LogP) is 3.95. The van der Waals surface area contributed by atoms with Gasteiger partial charge < -0.3 is 21.7 Å².